The van der Waals surface area contributed by atoms with E-state index in [1.165, 1.54) is 16.0 Å². The van der Waals surface area contributed by atoms with Crippen LogP contribution < -0.4 is 0 Å². The third-order valence-electron chi connectivity index (χ3n) is 2.40. The molecule has 0 bridgehead atoms. The quantitative estimate of drug-likeness (QED) is 0.670. The number of benzene rings is 1. The van der Waals surface area contributed by atoms with Crippen molar-refractivity contribution >= 4 is 38.9 Å². The zero-order valence-electron chi connectivity index (χ0n) is 8.91. The maximum Gasteiger partial charge on any atom is 0.0719 e. The lowest BCUT2D eigenvalue weighted by atomic mass is 10.1. The summed E-state index contributed by atoms with van der Waals surface area (Å²) in [5.74, 6) is 0. The first-order valence-corrected chi connectivity index (χ1v) is 7.14. The molecule has 2 aromatic rings. The van der Waals surface area contributed by atoms with Crippen LogP contribution in [-0.2, 0) is 6.42 Å². The van der Waals surface area contributed by atoms with Crippen molar-refractivity contribution in [2.24, 2.45) is 0 Å². The molecule has 0 amide bonds. The number of hydrogen-bond acceptors (Lipinski definition) is 1. The zero-order valence-corrected chi connectivity index (χ0v) is 12.1. The smallest absolute Gasteiger partial charge is 0.0719 e. The van der Waals surface area contributed by atoms with Crippen molar-refractivity contribution in [2.75, 3.05) is 0 Å². The van der Waals surface area contributed by atoms with E-state index in [1.54, 1.807) is 11.3 Å². The van der Waals surface area contributed by atoms with Gasteiger partial charge in [-0.15, -0.1) is 22.9 Å². The van der Waals surface area contributed by atoms with Crippen molar-refractivity contribution in [1.82, 2.24) is 0 Å². The molecular weight excluding hydrogens is 304 g/mol. The number of hydrogen-bond donors (Lipinski definition) is 0. The molecule has 1 atom stereocenters. The zero-order chi connectivity index (χ0) is 11.5. The molecule has 0 saturated carbocycles. The van der Waals surface area contributed by atoms with Gasteiger partial charge in [-0.05, 0) is 47.0 Å². The Morgan fingerprint density at radius 2 is 2.12 bits per heavy atom. The topological polar surface area (TPSA) is 0 Å². The summed E-state index contributed by atoms with van der Waals surface area (Å²) in [7, 11) is 0. The van der Waals surface area contributed by atoms with E-state index in [9.17, 15) is 0 Å². The molecule has 3 heteroatoms. The fourth-order valence-electron chi connectivity index (χ4n) is 1.64. The highest BCUT2D eigenvalue weighted by Gasteiger charge is 2.11. The van der Waals surface area contributed by atoms with Crippen LogP contribution in [0.3, 0.4) is 0 Å². The van der Waals surface area contributed by atoms with Crippen LogP contribution in [0.5, 0.6) is 0 Å². The lowest BCUT2D eigenvalue weighted by molar-refractivity contribution is 0.938. The van der Waals surface area contributed by atoms with E-state index in [1.807, 2.05) is 6.07 Å². The first-order chi connectivity index (χ1) is 7.65. The number of rotatable bonds is 3. The second-order valence-electron chi connectivity index (χ2n) is 3.80. The Morgan fingerprint density at radius 3 is 2.75 bits per heavy atom. The van der Waals surface area contributed by atoms with Gasteiger partial charge in [-0.3, -0.25) is 0 Å². The van der Waals surface area contributed by atoms with E-state index in [-0.39, 0.29) is 5.38 Å². The van der Waals surface area contributed by atoms with Crippen molar-refractivity contribution in [3.8, 4) is 0 Å². The molecule has 84 valence electrons. The summed E-state index contributed by atoms with van der Waals surface area (Å²) in [6, 6.07) is 12.6. The minimum absolute atomic E-state index is 0.0677. The van der Waals surface area contributed by atoms with Gasteiger partial charge in [0.2, 0.25) is 0 Å². The van der Waals surface area contributed by atoms with Crippen molar-refractivity contribution in [1.29, 1.82) is 0 Å². The highest BCUT2D eigenvalue weighted by Crippen LogP contribution is 2.33. The van der Waals surface area contributed by atoms with Gasteiger partial charge >= 0.3 is 0 Å². The molecule has 0 aliphatic rings. The molecule has 0 nitrogen and oxygen atoms in total. The lowest BCUT2D eigenvalue weighted by Gasteiger charge is -2.07. The summed E-state index contributed by atoms with van der Waals surface area (Å²) in [5.41, 5.74) is 2.58. The molecule has 0 N–H and O–H groups in total. The number of alkyl halides is 1. The summed E-state index contributed by atoms with van der Waals surface area (Å²) < 4.78 is 1.14. The highest BCUT2D eigenvalue weighted by atomic mass is 79.9. The van der Waals surface area contributed by atoms with Crippen LogP contribution in [0, 0.1) is 6.92 Å². The largest absolute Gasteiger partial charge is 0.132 e. The van der Waals surface area contributed by atoms with Gasteiger partial charge in [0.15, 0.2) is 0 Å². The van der Waals surface area contributed by atoms with Crippen LogP contribution >= 0.6 is 38.9 Å². The van der Waals surface area contributed by atoms with E-state index in [0.29, 0.717) is 0 Å². The summed E-state index contributed by atoms with van der Waals surface area (Å²) in [4.78, 5) is 1.22. The van der Waals surface area contributed by atoms with E-state index < -0.39 is 0 Å². The predicted molar refractivity (Wildman–Crippen MR) is 75.5 cm³/mol. The normalized spacial score (nSPS) is 12.7. The number of thiophene rings is 1. The molecule has 1 unspecified atom stereocenters. The van der Waals surface area contributed by atoms with Gasteiger partial charge < -0.3 is 0 Å². The Balaban J connectivity index is 2.10. The lowest BCUT2D eigenvalue weighted by Crippen LogP contribution is -1.93. The number of aryl methyl sites for hydroxylation is 1. The summed E-state index contributed by atoms with van der Waals surface area (Å²) >= 11 is 11.6. The van der Waals surface area contributed by atoms with Crippen molar-refractivity contribution in [3.63, 3.8) is 0 Å². The van der Waals surface area contributed by atoms with Crippen LogP contribution in [0.1, 0.15) is 21.4 Å². The second kappa shape index (κ2) is 5.35. The molecule has 0 radical (unpaired) electrons. The maximum absolute atomic E-state index is 6.40. The first-order valence-electron chi connectivity index (χ1n) is 5.10. The Morgan fingerprint density at radius 1 is 1.31 bits per heavy atom. The highest BCUT2D eigenvalue weighted by molar-refractivity contribution is 9.11. The standard InChI is InChI=1S/C13H12BrClS/c1-9-3-2-4-10(7-9)8-11(15)12-5-6-13(14)16-12/h2-7,11H,8H2,1H3. The molecular formula is C13H12BrClS. The molecule has 0 aliphatic heterocycles. The third-order valence-corrected chi connectivity index (χ3v) is 4.66. The first kappa shape index (κ1) is 12.2. The Kier molecular flexibility index (Phi) is 4.06. The van der Waals surface area contributed by atoms with Gasteiger partial charge in [-0.1, -0.05) is 29.8 Å². The van der Waals surface area contributed by atoms with E-state index in [2.05, 4.69) is 53.2 Å². The molecule has 0 spiro atoms. The van der Waals surface area contributed by atoms with Crippen molar-refractivity contribution in [3.05, 3.63) is 56.2 Å². The Bertz CT molecular complexity index is 478. The Labute approximate surface area is 113 Å². The molecule has 2 rings (SSSR count). The molecule has 1 aromatic carbocycles. The van der Waals surface area contributed by atoms with Gasteiger partial charge in [-0.25, -0.2) is 0 Å². The molecule has 1 heterocycles. The van der Waals surface area contributed by atoms with Gasteiger partial charge in [-0.2, -0.15) is 0 Å². The van der Waals surface area contributed by atoms with Gasteiger partial charge in [0.25, 0.3) is 0 Å². The summed E-state index contributed by atoms with van der Waals surface area (Å²) in [6.45, 7) is 2.11. The minimum atomic E-state index is 0.0677. The second-order valence-corrected chi connectivity index (χ2v) is 6.82. The minimum Gasteiger partial charge on any atom is -0.132 e. The van der Waals surface area contributed by atoms with Gasteiger partial charge in [0.1, 0.15) is 0 Å². The number of halogens is 2. The fraction of sp³-hybridized carbons (Fsp3) is 0.231. The average molecular weight is 316 g/mol. The Hall–Kier alpha value is -0.310. The van der Waals surface area contributed by atoms with Gasteiger partial charge in [0.05, 0.1) is 9.16 Å². The van der Waals surface area contributed by atoms with Crippen molar-refractivity contribution in [2.45, 2.75) is 18.7 Å². The van der Waals surface area contributed by atoms with Gasteiger partial charge in [0, 0.05) is 4.88 Å². The van der Waals surface area contributed by atoms with Crippen LogP contribution in [0.15, 0.2) is 40.2 Å². The monoisotopic (exact) mass is 314 g/mol. The summed E-state index contributed by atoms with van der Waals surface area (Å²) in [5, 5.41) is 0.0677. The molecule has 0 fully saturated rings. The van der Waals surface area contributed by atoms with E-state index in [0.717, 1.165) is 10.2 Å². The molecule has 0 aliphatic carbocycles. The van der Waals surface area contributed by atoms with Crippen LogP contribution in [0.25, 0.3) is 0 Å². The average Bonchev–Trinajstić information content (AvgIpc) is 2.65. The van der Waals surface area contributed by atoms with E-state index in [4.69, 9.17) is 11.6 Å². The molecule has 0 saturated heterocycles. The molecule has 1 aromatic heterocycles. The van der Waals surface area contributed by atoms with Crippen LogP contribution in [0.4, 0.5) is 0 Å². The predicted octanol–water partition coefficient (Wildman–Crippen LogP) is 5.34. The maximum atomic E-state index is 6.40. The van der Waals surface area contributed by atoms with Crippen LogP contribution in [0.2, 0.25) is 0 Å². The SMILES string of the molecule is Cc1cccc(CC(Cl)c2ccc(Br)s2)c1. The third kappa shape index (κ3) is 3.09. The molecule has 16 heavy (non-hydrogen) atoms. The van der Waals surface area contributed by atoms with Crippen molar-refractivity contribution < 1.29 is 0 Å². The van der Waals surface area contributed by atoms with Crippen LogP contribution in [-0.4, -0.2) is 0 Å². The fourth-order valence-corrected chi connectivity index (χ4v) is 3.43. The van der Waals surface area contributed by atoms with E-state index >= 15 is 0 Å². The summed E-state index contributed by atoms with van der Waals surface area (Å²) in [6.07, 6.45) is 0.885.